The first kappa shape index (κ1) is 19.0. The zero-order chi connectivity index (χ0) is 18.7. The summed E-state index contributed by atoms with van der Waals surface area (Å²) in [6, 6.07) is 10.2. The summed E-state index contributed by atoms with van der Waals surface area (Å²) in [5, 5.41) is 2.56. The standard InChI is InChI=1S/C18H18BrFN2O3S/c19-13-7-8-16(17(20)11-13)18(23)21-14-5-4-6-15(12-14)26(24,25)22-9-2-1-3-10-22/h4-8,11-12H,1-3,9-10H2,(H,21,23). The van der Waals surface area contributed by atoms with Crippen molar-refractivity contribution in [1.29, 1.82) is 0 Å². The summed E-state index contributed by atoms with van der Waals surface area (Å²) >= 11 is 3.14. The molecule has 1 amide bonds. The van der Waals surface area contributed by atoms with Gasteiger partial charge in [-0.1, -0.05) is 28.4 Å². The fourth-order valence-electron chi connectivity index (χ4n) is 2.86. The molecular weight excluding hydrogens is 423 g/mol. The van der Waals surface area contributed by atoms with Gasteiger partial charge in [-0.3, -0.25) is 4.79 Å². The smallest absolute Gasteiger partial charge is 0.258 e. The number of amides is 1. The van der Waals surface area contributed by atoms with E-state index in [1.807, 2.05) is 0 Å². The highest BCUT2D eigenvalue weighted by Crippen LogP contribution is 2.23. The van der Waals surface area contributed by atoms with E-state index in [0.717, 1.165) is 19.3 Å². The highest BCUT2D eigenvalue weighted by Gasteiger charge is 2.26. The Labute approximate surface area is 160 Å². The molecule has 1 N–H and O–H groups in total. The largest absolute Gasteiger partial charge is 0.322 e. The van der Waals surface area contributed by atoms with E-state index in [9.17, 15) is 17.6 Å². The third-order valence-corrected chi connectivity index (χ3v) is 6.61. The lowest BCUT2D eigenvalue weighted by Crippen LogP contribution is -2.35. The monoisotopic (exact) mass is 440 g/mol. The van der Waals surface area contributed by atoms with E-state index in [4.69, 9.17) is 0 Å². The Morgan fingerprint density at radius 1 is 1.08 bits per heavy atom. The topological polar surface area (TPSA) is 66.5 Å². The molecule has 0 saturated carbocycles. The Kier molecular flexibility index (Phi) is 5.74. The number of benzene rings is 2. The van der Waals surface area contributed by atoms with Gasteiger partial charge in [0.05, 0.1) is 10.5 Å². The summed E-state index contributed by atoms with van der Waals surface area (Å²) in [6.45, 7) is 1.01. The van der Waals surface area contributed by atoms with Gasteiger partial charge in [0.1, 0.15) is 5.82 Å². The molecular formula is C18H18BrFN2O3S. The minimum absolute atomic E-state index is 0.113. The molecule has 1 saturated heterocycles. The molecule has 0 spiro atoms. The molecule has 8 heteroatoms. The summed E-state index contributed by atoms with van der Waals surface area (Å²) < 4.78 is 41.4. The van der Waals surface area contributed by atoms with Crippen molar-refractivity contribution in [2.45, 2.75) is 24.2 Å². The van der Waals surface area contributed by atoms with Crippen LogP contribution >= 0.6 is 15.9 Å². The van der Waals surface area contributed by atoms with E-state index in [1.54, 1.807) is 18.2 Å². The number of hydrogen-bond donors (Lipinski definition) is 1. The van der Waals surface area contributed by atoms with Crippen molar-refractivity contribution in [1.82, 2.24) is 4.31 Å². The average Bonchev–Trinajstić information content (AvgIpc) is 2.62. The Morgan fingerprint density at radius 2 is 1.81 bits per heavy atom. The Morgan fingerprint density at radius 3 is 2.50 bits per heavy atom. The van der Waals surface area contributed by atoms with Gasteiger partial charge < -0.3 is 5.32 Å². The van der Waals surface area contributed by atoms with E-state index < -0.39 is 21.7 Å². The minimum Gasteiger partial charge on any atom is -0.322 e. The fraction of sp³-hybridized carbons (Fsp3) is 0.278. The maximum Gasteiger partial charge on any atom is 0.258 e. The van der Waals surface area contributed by atoms with Crippen molar-refractivity contribution in [3.63, 3.8) is 0 Å². The third kappa shape index (κ3) is 4.13. The lowest BCUT2D eigenvalue weighted by molar-refractivity contribution is 0.102. The van der Waals surface area contributed by atoms with Crippen LogP contribution in [0.1, 0.15) is 29.6 Å². The van der Waals surface area contributed by atoms with Gasteiger partial charge in [-0.25, -0.2) is 12.8 Å². The number of halogens is 2. The summed E-state index contributed by atoms with van der Waals surface area (Å²) in [5.74, 6) is -1.29. The van der Waals surface area contributed by atoms with Crippen LogP contribution in [-0.4, -0.2) is 31.7 Å². The van der Waals surface area contributed by atoms with E-state index in [0.29, 0.717) is 23.2 Å². The lowest BCUT2D eigenvalue weighted by Gasteiger charge is -2.26. The maximum absolute atomic E-state index is 13.9. The molecule has 0 aliphatic carbocycles. The number of sulfonamides is 1. The minimum atomic E-state index is -3.60. The van der Waals surface area contributed by atoms with Gasteiger partial charge in [-0.05, 0) is 49.2 Å². The highest BCUT2D eigenvalue weighted by atomic mass is 79.9. The molecule has 0 unspecified atom stereocenters. The van der Waals surface area contributed by atoms with E-state index in [2.05, 4.69) is 21.2 Å². The maximum atomic E-state index is 13.9. The fourth-order valence-corrected chi connectivity index (χ4v) is 4.76. The van der Waals surface area contributed by atoms with Crippen LogP contribution in [0.15, 0.2) is 51.8 Å². The SMILES string of the molecule is O=C(Nc1cccc(S(=O)(=O)N2CCCCC2)c1)c1ccc(Br)cc1F. The first-order valence-electron chi connectivity index (χ1n) is 8.24. The molecule has 2 aromatic rings. The number of hydrogen-bond acceptors (Lipinski definition) is 3. The molecule has 1 fully saturated rings. The molecule has 5 nitrogen and oxygen atoms in total. The van der Waals surface area contributed by atoms with Crippen molar-refractivity contribution in [3.05, 3.63) is 58.3 Å². The number of nitrogens with zero attached hydrogens (tertiary/aromatic N) is 1. The predicted molar refractivity (Wildman–Crippen MR) is 101 cm³/mol. The summed E-state index contributed by atoms with van der Waals surface area (Å²) in [6.07, 6.45) is 2.72. The van der Waals surface area contributed by atoms with Gasteiger partial charge in [0.2, 0.25) is 10.0 Å². The molecule has 1 aliphatic rings. The molecule has 3 rings (SSSR count). The van der Waals surface area contributed by atoms with E-state index >= 15 is 0 Å². The predicted octanol–water partition coefficient (Wildman–Crippen LogP) is 4.02. The average molecular weight is 441 g/mol. The molecule has 0 bridgehead atoms. The number of carbonyl (C=O) groups is 1. The number of nitrogens with one attached hydrogen (secondary N) is 1. The second-order valence-corrected chi connectivity index (χ2v) is 8.92. The van der Waals surface area contributed by atoms with Crippen LogP contribution in [0, 0.1) is 5.82 Å². The van der Waals surface area contributed by atoms with Crippen LogP contribution in [0.5, 0.6) is 0 Å². The molecule has 1 aliphatic heterocycles. The summed E-state index contributed by atoms with van der Waals surface area (Å²) in [4.78, 5) is 12.4. The molecule has 1 heterocycles. The third-order valence-electron chi connectivity index (χ3n) is 4.22. The van der Waals surface area contributed by atoms with E-state index in [1.165, 1.54) is 28.6 Å². The second-order valence-electron chi connectivity index (χ2n) is 6.07. The van der Waals surface area contributed by atoms with Crippen LogP contribution in [0.2, 0.25) is 0 Å². The Hall–Kier alpha value is -1.77. The van der Waals surface area contributed by atoms with Gasteiger partial charge in [-0.2, -0.15) is 4.31 Å². The van der Waals surface area contributed by atoms with Crippen molar-refractivity contribution >= 4 is 37.5 Å². The lowest BCUT2D eigenvalue weighted by atomic mass is 10.2. The van der Waals surface area contributed by atoms with Crippen LogP contribution in [0.4, 0.5) is 10.1 Å². The first-order chi connectivity index (χ1) is 12.4. The Bertz CT molecular complexity index is 928. The quantitative estimate of drug-likeness (QED) is 0.780. The number of anilines is 1. The Balaban J connectivity index is 1.82. The van der Waals surface area contributed by atoms with Gasteiger partial charge in [-0.15, -0.1) is 0 Å². The summed E-state index contributed by atoms with van der Waals surface area (Å²) in [7, 11) is -3.60. The molecule has 138 valence electrons. The molecule has 0 aromatic heterocycles. The zero-order valence-corrected chi connectivity index (χ0v) is 16.3. The second kappa shape index (κ2) is 7.85. The van der Waals surface area contributed by atoms with Crippen LogP contribution in [0.3, 0.4) is 0 Å². The van der Waals surface area contributed by atoms with Crippen molar-refractivity contribution in [3.8, 4) is 0 Å². The first-order valence-corrected chi connectivity index (χ1v) is 10.5. The van der Waals surface area contributed by atoms with Gasteiger partial charge in [0.25, 0.3) is 5.91 Å². The zero-order valence-electron chi connectivity index (χ0n) is 13.9. The molecule has 0 atom stereocenters. The molecule has 0 radical (unpaired) electrons. The van der Waals surface area contributed by atoms with Crippen LogP contribution in [-0.2, 0) is 10.0 Å². The van der Waals surface area contributed by atoms with Crippen molar-refractivity contribution in [2.24, 2.45) is 0 Å². The van der Waals surface area contributed by atoms with Crippen molar-refractivity contribution in [2.75, 3.05) is 18.4 Å². The molecule has 2 aromatic carbocycles. The normalized spacial score (nSPS) is 15.6. The number of carbonyl (C=O) groups excluding carboxylic acids is 1. The van der Waals surface area contributed by atoms with Gasteiger partial charge >= 0.3 is 0 Å². The highest BCUT2D eigenvalue weighted by molar-refractivity contribution is 9.10. The van der Waals surface area contributed by atoms with E-state index in [-0.39, 0.29) is 10.5 Å². The number of piperidine rings is 1. The van der Waals surface area contributed by atoms with Gasteiger partial charge in [0.15, 0.2) is 0 Å². The molecule has 26 heavy (non-hydrogen) atoms. The van der Waals surface area contributed by atoms with Crippen LogP contribution < -0.4 is 5.32 Å². The summed E-state index contributed by atoms with van der Waals surface area (Å²) in [5.41, 5.74) is 0.188. The van der Waals surface area contributed by atoms with Crippen LogP contribution in [0.25, 0.3) is 0 Å². The number of rotatable bonds is 4. The van der Waals surface area contributed by atoms with Gasteiger partial charge in [0, 0.05) is 23.2 Å². The van der Waals surface area contributed by atoms with Crippen molar-refractivity contribution < 1.29 is 17.6 Å².